The summed E-state index contributed by atoms with van der Waals surface area (Å²) in [4.78, 5) is 23.4. The van der Waals surface area contributed by atoms with Crippen molar-refractivity contribution in [3.05, 3.63) is 23.8 Å². The fourth-order valence-electron chi connectivity index (χ4n) is 1.96. The van der Waals surface area contributed by atoms with E-state index in [1.807, 2.05) is 0 Å². The first-order valence-corrected chi connectivity index (χ1v) is 8.59. The van der Waals surface area contributed by atoms with Gasteiger partial charge in [0.05, 0.1) is 13.2 Å². The Morgan fingerprint density at radius 1 is 1.26 bits per heavy atom. The highest BCUT2D eigenvalue weighted by molar-refractivity contribution is 9.09. The number of benzene rings is 1. The number of carbonyl (C=O) groups excluding carboxylic acids is 2. The van der Waals surface area contributed by atoms with E-state index in [-0.39, 0.29) is 12.2 Å². The third-order valence-corrected chi connectivity index (χ3v) is 3.27. The van der Waals surface area contributed by atoms with Gasteiger partial charge in [-0.15, -0.1) is 0 Å². The molecule has 6 heteroatoms. The number of carbonyl (C=O) groups is 2. The summed E-state index contributed by atoms with van der Waals surface area (Å²) in [6.45, 7) is 7.34. The topological polar surface area (TPSA) is 61.8 Å². The van der Waals surface area contributed by atoms with Crippen molar-refractivity contribution in [1.29, 1.82) is 0 Å². The number of rotatable bonds is 9. The number of Topliss-reactive ketones (excluding diaryl/α,β-unsaturated/α-hetero) is 1. The Kier molecular flexibility index (Phi) is 7.55. The maximum atomic E-state index is 11.9. The zero-order valence-corrected chi connectivity index (χ0v) is 15.6. The average Bonchev–Trinajstić information content (AvgIpc) is 2.45. The number of halogens is 1. The van der Waals surface area contributed by atoms with Crippen molar-refractivity contribution in [3.8, 4) is 11.5 Å². The van der Waals surface area contributed by atoms with Crippen molar-refractivity contribution in [1.82, 2.24) is 0 Å². The van der Waals surface area contributed by atoms with Gasteiger partial charge in [0, 0.05) is 17.3 Å². The summed E-state index contributed by atoms with van der Waals surface area (Å²) in [5, 5.41) is 0.695. The molecule has 0 saturated carbocycles. The molecule has 0 heterocycles. The Morgan fingerprint density at radius 2 is 1.96 bits per heavy atom. The minimum Gasteiger partial charge on any atom is -0.492 e. The van der Waals surface area contributed by atoms with Crippen LogP contribution in [0, 0.1) is 0 Å². The number of ether oxygens (including phenoxy) is 3. The number of alkyl halides is 1. The van der Waals surface area contributed by atoms with E-state index in [1.165, 1.54) is 6.92 Å². The largest absolute Gasteiger partial charge is 0.492 e. The van der Waals surface area contributed by atoms with Crippen LogP contribution >= 0.6 is 15.9 Å². The van der Waals surface area contributed by atoms with Crippen LogP contribution in [-0.4, -0.2) is 35.9 Å². The Labute approximate surface area is 145 Å². The summed E-state index contributed by atoms with van der Waals surface area (Å²) in [5.74, 6) is 0.717. The SMILES string of the molecule is CCOC(=O)C(C)(C)Oc1ccc(OCCBr)c(CC(C)=O)c1. The van der Waals surface area contributed by atoms with Crippen LogP contribution in [0.5, 0.6) is 11.5 Å². The summed E-state index contributed by atoms with van der Waals surface area (Å²) < 4.78 is 16.4. The van der Waals surface area contributed by atoms with E-state index >= 15 is 0 Å². The van der Waals surface area contributed by atoms with Gasteiger partial charge in [0.25, 0.3) is 0 Å². The standard InChI is InChI=1S/C17H23BrO5/c1-5-21-16(20)17(3,4)23-14-6-7-15(22-9-8-18)13(11-14)10-12(2)19/h6-7,11H,5,8-10H2,1-4H3. The Bertz CT molecular complexity index is 554. The molecule has 1 aromatic carbocycles. The maximum Gasteiger partial charge on any atom is 0.349 e. The molecule has 5 nitrogen and oxygen atoms in total. The molecule has 0 spiro atoms. The van der Waals surface area contributed by atoms with Crippen LogP contribution in [0.1, 0.15) is 33.3 Å². The van der Waals surface area contributed by atoms with Crippen molar-refractivity contribution in [3.63, 3.8) is 0 Å². The highest BCUT2D eigenvalue weighted by Gasteiger charge is 2.31. The number of hydrogen-bond acceptors (Lipinski definition) is 5. The molecule has 0 radical (unpaired) electrons. The Hall–Kier alpha value is -1.56. The monoisotopic (exact) mass is 386 g/mol. The van der Waals surface area contributed by atoms with Crippen LogP contribution in [-0.2, 0) is 20.7 Å². The molecular formula is C17H23BrO5. The Balaban J connectivity index is 2.99. The molecule has 0 aliphatic carbocycles. The van der Waals surface area contributed by atoms with E-state index in [0.29, 0.717) is 30.0 Å². The van der Waals surface area contributed by atoms with Gasteiger partial charge >= 0.3 is 5.97 Å². The summed E-state index contributed by atoms with van der Waals surface area (Å²) >= 11 is 3.30. The predicted octanol–water partition coefficient (Wildman–Crippen LogP) is 3.31. The smallest absolute Gasteiger partial charge is 0.349 e. The summed E-state index contributed by atoms with van der Waals surface area (Å²) in [6, 6.07) is 5.19. The first kappa shape index (κ1) is 19.5. The zero-order chi connectivity index (χ0) is 17.5. The van der Waals surface area contributed by atoms with E-state index in [0.717, 1.165) is 5.56 Å². The molecule has 0 saturated heterocycles. The second-order valence-electron chi connectivity index (χ2n) is 5.52. The highest BCUT2D eigenvalue weighted by atomic mass is 79.9. The lowest BCUT2D eigenvalue weighted by atomic mass is 10.1. The van der Waals surface area contributed by atoms with Gasteiger partial charge in [-0.3, -0.25) is 4.79 Å². The Morgan fingerprint density at radius 3 is 2.52 bits per heavy atom. The second-order valence-corrected chi connectivity index (χ2v) is 6.31. The summed E-state index contributed by atoms with van der Waals surface area (Å²) in [7, 11) is 0. The van der Waals surface area contributed by atoms with Crippen LogP contribution in [0.3, 0.4) is 0 Å². The van der Waals surface area contributed by atoms with Crippen molar-refractivity contribution >= 4 is 27.7 Å². The molecule has 0 fully saturated rings. The van der Waals surface area contributed by atoms with E-state index in [1.54, 1.807) is 39.0 Å². The molecule has 0 aliphatic rings. The van der Waals surface area contributed by atoms with Crippen molar-refractivity contribution in [2.75, 3.05) is 18.5 Å². The number of esters is 1. The van der Waals surface area contributed by atoms with E-state index in [4.69, 9.17) is 14.2 Å². The molecule has 0 bridgehead atoms. The normalized spacial score (nSPS) is 11.0. The molecule has 0 N–H and O–H groups in total. The van der Waals surface area contributed by atoms with E-state index in [9.17, 15) is 9.59 Å². The van der Waals surface area contributed by atoms with Gasteiger partial charge in [0.2, 0.25) is 0 Å². The minimum atomic E-state index is -1.11. The van der Waals surface area contributed by atoms with Crippen LogP contribution in [0.15, 0.2) is 18.2 Å². The first-order valence-electron chi connectivity index (χ1n) is 7.47. The van der Waals surface area contributed by atoms with Crippen molar-refractivity contribution in [2.24, 2.45) is 0 Å². The first-order chi connectivity index (χ1) is 10.8. The minimum absolute atomic E-state index is 0.0236. The zero-order valence-electron chi connectivity index (χ0n) is 14.0. The lowest BCUT2D eigenvalue weighted by Crippen LogP contribution is -2.39. The maximum absolute atomic E-state index is 11.9. The van der Waals surface area contributed by atoms with E-state index in [2.05, 4.69) is 15.9 Å². The lowest BCUT2D eigenvalue weighted by Gasteiger charge is -2.24. The van der Waals surface area contributed by atoms with Crippen molar-refractivity contribution < 1.29 is 23.8 Å². The van der Waals surface area contributed by atoms with Crippen molar-refractivity contribution in [2.45, 2.75) is 39.7 Å². The van der Waals surface area contributed by atoms with Crippen LogP contribution < -0.4 is 9.47 Å². The van der Waals surface area contributed by atoms with Gasteiger partial charge < -0.3 is 14.2 Å². The van der Waals surface area contributed by atoms with Gasteiger partial charge in [-0.05, 0) is 45.9 Å². The van der Waals surface area contributed by atoms with Crippen LogP contribution in [0.25, 0.3) is 0 Å². The van der Waals surface area contributed by atoms with Gasteiger partial charge in [-0.1, -0.05) is 15.9 Å². The van der Waals surface area contributed by atoms with E-state index < -0.39 is 11.6 Å². The lowest BCUT2D eigenvalue weighted by molar-refractivity contribution is -0.158. The molecule has 128 valence electrons. The second kappa shape index (κ2) is 8.91. The summed E-state index contributed by atoms with van der Waals surface area (Å²) in [6.07, 6.45) is 0.245. The molecule has 0 amide bonds. The molecule has 0 aliphatic heterocycles. The molecule has 1 aromatic rings. The predicted molar refractivity (Wildman–Crippen MR) is 91.5 cm³/mol. The fraction of sp³-hybridized carbons (Fsp3) is 0.529. The number of hydrogen-bond donors (Lipinski definition) is 0. The third-order valence-electron chi connectivity index (χ3n) is 2.95. The molecular weight excluding hydrogens is 364 g/mol. The van der Waals surface area contributed by atoms with Gasteiger partial charge in [0.1, 0.15) is 17.3 Å². The average molecular weight is 387 g/mol. The molecule has 1 rings (SSSR count). The molecule has 0 atom stereocenters. The summed E-state index contributed by atoms with van der Waals surface area (Å²) in [5.41, 5.74) is -0.377. The molecule has 23 heavy (non-hydrogen) atoms. The quantitative estimate of drug-likeness (QED) is 0.481. The fourth-order valence-corrected chi connectivity index (χ4v) is 2.12. The number of ketones is 1. The third kappa shape index (κ3) is 6.22. The van der Waals surface area contributed by atoms with Crippen LogP contribution in [0.2, 0.25) is 0 Å². The van der Waals surface area contributed by atoms with Gasteiger partial charge in [-0.2, -0.15) is 0 Å². The van der Waals surface area contributed by atoms with Gasteiger partial charge in [0.15, 0.2) is 5.60 Å². The molecule has 0 aromatic heterocycles. The molecule has 0 unspecified atom stereocenters. The van der Waals surface area contributed by atoms with Gasteiger partial charge in [-0.25, -0.2) is 4.79 Å². The van der Waals surface area contributed by atoms with Crippen LogP contribution in [0.4, 0.5) is 0 Å². The highest BCUT2D eigenvalue weighted by Crippen LogP contribution is 2.28.